The van der Waals surface area contributed by atoms with Crippen molar-refractivity contribution < 1.29 is 0 Å². The number of anilines is 1. The Morgan fingerprint density at radius 2 is 2.42 bits per heavy atom. The van der Waals surface area contributed by atoms with Crippen molar-refractivity contribution in [2.24, 2.45) is 5.84 Å². The molecule has 5 nitrogen and oxygen atoms in total. The van der Waals surface area contributed by atoms with Gasteiger partial charge >= 0.3 is 0 Å². The van der Waals surface area contributed by atoms with E-state index < -0.39 is 0 Å². The molecule has 5 heteroatoms. The third kappa shape index (κ3) is 0.904. The predicted molar refractivity (Wildman–Crippen MR) is 46.0 cm³/mol. The normalized spacial score (nSPS) is 24.0. The molecule has 1 unspecified atom stereocenters. The average Bonchev–Trinajstić information content (AvgIpc) is 2.41. The van der Waals surface area contributed by atoms with Gasteiger partial charge in [0, 0.05) is 12.1 Å². The zero-order chi connectivity index (χ0) is 8.72. The van der Waals surface area contributed by atoms with Gasteiger partial charge in [-0.15, -0.1) is 0 Å². The van der Waals surface area contributed by atoms with Crippen LogP contribution in [0.5, 0.6) is 0 Å². The zero-order valence-corrected chi connectivity index (χ0v) is 7.04. The lowest BCUT2D eigenvalue weighted by Crippen LogP contribution is -2.39. The first kappa shape index (κ1) is 7.57. The minimum atomic E-state index is 0.169. The lowest BCUT2D eigenvalue weighted by Gasteiger charge is -2.27. The maximum atomic E-state index is 5.74. The van der Waals surface area contributed by atoms with Crippen LogP contribution in [0.15, 0.2) is 0 Å². The number of aromatic amines is 1. The standard InChI is InChI=1S/C7H13N5/c1-4-6-5(2-3-12(4)9)7(8)11-10-6/h4H,2-3,9H2,1H3,(H3,8,10,11). The molecule has 0 aromatic carbocycles. The van der Waals surface area contributed by atoms with Crippen molar-refractivity contribution >= 4 is 5.82 Å². The monoisotopic (exact) mass is 167 g/mol. The Hall–Kier alpha value is -1.07. The number of nitrogens with zero attached hydrogens (tertiary/aromatic N) is 2. The topological polar surface area (TPSA) is 84.0 Å². The first-order valence-corrected chi connectivity index (χ1v) is 4.04. The number of nitrogens with one attached hydrogen (secondary N) is 1. The summed E-state index contributed by atoms with van der Waals surface area (Å²) in [6.45, 7) is 2.87. The SMILES string of the molecule is CC1c2n[nH]c(N)c2CCN1N. The molecular formula is C7H13N5. The van der Waals surface area contributed by atoms with Gasteiger partial charge in [0.2, 0.25) is 0 Å². The van der Waals surface area contributed by atoms with Gasteiger partial charge in [0.05, 0.1) is 11.7 Å². The highest BCUT2D eigenvalue weighted by atomic mass is 15.4. The fraction of sp³-hybridized carbons (Fsp3) is 0.571. The fourth-order valence-corrected chi connectivity index (χ4v) is 1.59. The summed E-state index contributed by atoms with van der Waals surface area (Å²) >= 11 is 0. The van der Waals surface area contributed by atoms with E-state index in [1.807, 2.05) is 6.92 Å². The number of nitrogen functional groups attached to an aromatic ring is 1. The molecule has 12 heavy (non-hydrogen) atoms. The average molecular weight is 167 g/mol. The first-order valence-electron chi connectivity index (χ1n) is 4.04. The van der Waals surface area contributed by atoms with E-state index in [0.717, 1.165) is 24.2 Å². The van der Waals surface area contributed by atoms with Crippen molar-refractivity contribution in [1.29, 1.82) is 0 Å². The Balaban J connectivity index is 2.43. The quantitative estimate of drug-likeness (QED) is 0.467. The summed E-state index contributed by atoms with van der Waals surface area (Å²) in [5.41, 5.74) is 7.81. The van der Waals surface area contributed by atoms with Crippen molar-refractivity contribution in [3.63, 3.8) is 0 Å². The first-order chi connectivity index (χ1) is 5.70. The van der Waals surface area contributed by atoms with Crippen molar-refractivity contribution in [2.45, 2.75) is 19.4 Å². The number of aromatic nitrogens is 2. The van der Waals surface area contributed by atoms with E-state index in [9.17, 15) is 0 Å². The molecule has 0 saturated heterocycles. The summed E-state index contributed by atoms with van der Waals surface area (Å²) in [5, 5.41) is 8.67. The molecule has 0 radical (unpaired) electrons. The van der Waals surface area contributed by atoms with Crippen LogP contribution in [0.4, 0.5) is 5.82 Å². The van der Waals surface area contributed by atoms with Crippen LogP contribution < -0.4 is 11.6 Å². The van der Waals surface area contributed by atoms with E-state index in [-0.39, 0.29) is 6.04 Å². The molecule has 0 bridgehead atoms. The van der Waals surface area contributed by atoms with E-state index in [0.29, 0.717) is 5.82 Å². The van der Waals surface area contributed by atoms with Crippen LogP contribution in [0, 0.1) is 0 Å². The van der Waals surface area contributed by atoms with Gasteiger partial charge in [-0.1, -0.05) is 0 Å². The predicted octanol–water partition coefficient (Wildman–Crippen LogP) is -0.215. The largest absolute Gasteiger partial charge is 0.384 e. The molecule has 1 aromatic heterocycles. The second-order valence-corrected chi connectivity index (χ2v) is 3.16. The third-order valence-corrected chi connectivity index (χ3v) is 2.44. The van der Waals surface area contributed by atoms with Gasteiger partial charge in [0.25, 0.3) is 0 Å². The van der Waals surface area contributed by atoms with Gasteiger partial charge in [-0.2, -0.15) is 5.10 Å². The van der Waals surface area contributed by atoms with E-state index in [2.05, 4.69) is 10.2 Å². The molecule has 0 saturated carbocycles. The number of nitrogens with two attached hydrogens (primary N) is 2. The van der Waals surface area contributed by atoms with Crippen LogP contribution in [0.2, 0.25) is 0 Å². The summed E-state index contributed by atoms with van der Waals surface area (Å²) in [6, 6.07) is 0.169. The van der Waals surface area contributed by atoms with Gasteiger partial charge < -0.3 is 5.73 Å². The lowest BCUT2D eigenvalue weighted by molar-refractivity contribution is 0.200. The third-order valence-electron chi connectivity index (χ3n) is 2.44. The van der Waals surface area contributed by atoms with E-state index >= 15 is 0 Å². The Bertz CT molecular complexity index is 292. The summed E-state index contributed by atoms with van der Waals surface area (Å²) in [5.74, 6) is 6.43. The number of hydrazine groups is 1. The Kier molecular flexibility index (Phi) is 1.55. The summed E-state index contributed by atoms with van der Waals surface area (Å²) in [6.07, 6.45) is 0.887. The molecule has 2 rings (SSSR count). The van der Waals surface area contributed by atoms with E-state index in [1.165, 1.54) is 0 Å². The minimum absolute atomic E-state index is 0.169. The zero-order valence-electron chi connectivity index (χ0n) is 7.04. The van der Waals surface area contributed by atoms with Gasteiger partial charge in [-0.25, -0.2) is 5.01 Å². The van der Waals surface area contributed by atoms with Gasteiger partial charge in [-0.3, -0.25) is 10.9 Å². The molecule has 1 atom stereocenters. The highest BCUT2D eigenvalue weighted by Gasteiger charge is 2.25. The van der Waals surface area contributed by atoms with E-state index in [4.69, 9.17) is 11.6 Å². The number of hydrogen-bond donors (Lipinski definition) is 3. The number of rotatable bonds is 0. The van der Waals surface area contributed by atoms with Gasteiger partial charge in [-0.05, 0) is 13.3 Å². The molecular weight excluding hydrogens is 154 g/mol. The van der Waals surface area contributed by atoms with Crippen molar-refractivity contribution in [1.82, 2.24) is 15.2 Å². The molecule has 66 valence electrons. The van der Waals surface area contributed by atoms with Gasteiger partial charge in [0.15, 0.2) is 0 Å². The molecule has 0 spiro atoms. The van der Waals surface area contributed by atoms with Crippen molar-refractivity contribution in [2.75, 3.05) is 12.3 Å². The number of hydrogen-bond acceptors (Lipinski definition) is 4. The Labute approximate surface area is 70.7 Å². The van der Waals surface area contributed by atoms with Crippen LogP contribution in [-0.4, -0.2) is 21.8 Å². The van der Waals surface area contributed by atoms with Crippen LogP contribution in [-0.2, 0) is 6.42 Å². The minimum Gasteiger partial charge on any atom is -0.384 e. The molecule has 2 heterocycles. The smallest absolute Gasteiger partial charge is 0.122 e. The van der Waals surface area contributed by atoms with Gasteiger partial charge in [0.1, 0.15) is 5.82 Å². The summed E-state index contributed by atoms with van der Waals surface area (Å²) in [7, 11) is 0. The van der Waals surface area contributed by atoms with Crippen molar-refractivity contribution in [3.8, 4) is 0 Å². The second kappa shape index (κ2) is 2.46. The lowest BCUT2D eigenvalue weighted by atomic mass is 10.0. The molecule has 1 aliphatic rings. The fourth-order valence-electron chi connectivity index (χ4n) is 1.59. The van der Waals surface area contributed by atoms with Crippen molar-refractivity contribution in [3.05, 3.63) is 11.3 Å². The number of H-pyrrole nitrogens is 1. The molecule has 0 aliphatic carbocycles. The molecule has 5 N–H and O–H groups in total. The van der Waals surface area contributed by atoms with Crippen LogP contribution >= 0.6 is 0 Å². The summed E-state index contributed by atoms with van der Waals surface area (Å²) in [4.78, 5) is 0. The van der Waals surface area contributed by atoms with E-state index in [1.54, 1.807) is 5.01 Å². The highest BCUT2D eigenvalue weighted by Crippen LogP contribution is 2.27. The highest BCUT2D eigenvalue weighted by molar-refractivity contribution is 5.44. The molecule has 1 aromatic rings. The summed E-state index contributed by atoms with van der Waals surface area (Å²) < 4.78 is 0. The maximum absolute atomic E-state index is 5.74. The molecule has 0 amide bonds. The molecule has 0 fully saturated rings. The Morgan fingerprint density at radius 3 is 3.17 bits per heavy atom. The maximum Gasteiger partial charge on any atom is 0.122 e. The Morgan fingerprint density at radius 1 is 1.67 bits per heavy atom. The van der Waals surface area contributed by atoms with Crippen LogP contribution in [0.25, 0.3) is 0 Å². The molecule has 1 aliphatic heterocycles. The second-order valence-electron chi connectivity index (χ2n) is 3.16. The number of fused-ring (bicyclic) bond motifs is 1. The van der Waals surface area contributed by atoms with Crippen LogP contribution in [0.3, 0.4) is 0 Å². The van der Waals surface area contributed by atoms with Crippen LogP contribution in [0.1, 0.15) is 24.2 Å².